The molecule has 0 atom stereocenters. The molecule has 1 aromatic carbocycles. The molecule has 2 N–H and O–H groups in total. The second kappa shape index (κ2) is 5.13. The molecule has 0 saturated heterocycles. The van der Waals surface area contributed by atoms with Gasteiger partial charge in [0.25, 0.3) is 0 Å². The molecule has 1 aliphatic rings. The second-order valence-electron chi connectivity index (χ2n) is 4.62. The van der Waals surface area contributed by atoms with Gasteiger partial charge < -0.3 is 10.6 Å². The molecule has 3 rings (SSSR count). The number of carbonyl (C=O) groups excluding carboxylic acids is 1. The minimum atomic E-state index is -0.251. The number of halogens is 1. The van der Waals surface area contributed by atoms with Gasteiger partial charge in [0.1, 0.15) is 5.82 Å². The summed E-state index contributed by atoms with van der Waals surface area (Å²) >= 11 is 1.41. The number of aromatic nitrogens is 1. The normalized spacial score (nSPS) is 14.6. The van der Waals surface area contributed by atoms with Gasteiger partial charge in [0.15, 0.2) is 5.13 Å². The fraction of sp³-hybridized carbons (Fsp3) is 0.385. The van der Waals surface area contributed by atoms with Crippen molar-refractivity contribution in [1.29, 1.82) is 0 Å². The van der Waals surface area contributed by atoms with E-state index in [4.69, 9.17) is 0 Å². The van der Waals surface area contributed by atoms with Gasteiger partial charge >= 0.3 is 0 Å². The smallest absolute Gasteiger partial charge is 0.223 e. The van der Waals surface area contributed by atoms with Crippen molar-refractivity contribution < 1.29 is 9.18 Å². The van der Waals surface area contributed by atoms with Crippen LogP contribution in [0.3, 0.4) is 0 Å². The average molecular weight is 279 g/mol. The number of anilines is 1. The van der Waals surface area contributed by atoms with E-state index in [9.17, 15) is 9.18 Å². The number of hydrogen-bond acceptors (Lipinski definition) is 4. The molecule has 1 heterocycles. The van der Waals surface area contributed by atoms with E-state index in [1.165, 1.54) is 23.5 Å². The number of amides is 1. The first-order valence-electron chi connectivity index (χ1n) is 6.30. The fourth-order valence-corrected chi connectivity index (χ4v) is 2.74. The molecule has 6 heteroatoms. The molecule has 1 aliphatic carbocycles. The molecule has 100 valence electrons. The van der Waals surface area contributed by atoms with Crippen LogP contribution in [-0.4, -0.2) is 24.0 Å². The maximum atomic E-state index is 13.0. The molecule has 19 heavy (non-hydrogen) atoms. The highest BCUT2D eigenvalue weighted by molar-refractivity contribution is 7.22. The number of carbonyl (C=O) groups is 1. The molecule has 1 fully saturated rings. The first-order valence-corrected chi connectivity index (χ1v) is 7.12. The quantitative estimate of drug-likeness (QED) is 0.826. The van der Waals surface area contributed by atoms with E-state index >= 15 is 0 Å². The molecule has 0 bridgehead atoms. The largest absolute Gasteiger partial charge is 0.360 e. The fourth-order valence-electron chi connectivity index (χ4n) is 1.82. The Balaban J connectivity index is 1.52. The number of nitrogens with zero attached hydrogens (tertiary/aromatic N) is 1. The van der Waals surface area contributed by atoms with Crippen molar-refractivity contribution in [2.75, 3.05) is 18.4 Å². The third-order valence-electron chi connectivity index (χ3n) is 3.00. The third-order valence-corrected chi connectivity index (χ3v) is 3.97. The molecular formula is C13H14FN3OS. The van der Waals surface area contributed by atoms with E-state index in [0.717, 1.165) is 28.2 Å². The second-order valence-corrected chi connectivity index (χ2v) is 5.65. The molecule has 0 aliphatic heterocycles. The van der Waals surface area contributed by atoms with Gasteiger partial charge in [0, 0.05) is 19.0 Å². The lowest BCUT2D eigenvalue weighted by molar-refractivity contribution is -0.122. The van der Waals surface area contributed by atoms with Gasteiger partial charge in [0.05, 0.1) is 10.2 Å². The Morgan fingerprint density at radius 3 is 3.05 bits per heavy atom. The summed E-state index contributed by atoms with van der Waals surface area (Å²) in [7, 11) is 0. The van der Waals surface area contributed by atoms with Crippen LogP contribution in [0.2, 0.25) is 0 Å². The molecule has 1 aromatic heterocycles. The lowest BCUT2D eigenvalue weighted by Gasteiger charge is -2.04. The summed E-state index contributed by atoms with van der Waals surface area (Å²) in [6.45, 7) is 1.21. The first-order chi connectivity index (χ1) is 9.22. The van der Waals surface area contributed by atoms with E-state index in [0.29, 0.717) is 13.1 Å². The van der Waals surface area contributed by atoms with E-state index in [-0.39, 0.29) is 17.6 Å². The number of benzene rings is 1. The lowest BCUT2D eigenvalue weighted by Crippen LogP contribution is -2.29. The van der Waals surface area contributed by atoms with E-state index in [1.54, 1.807) is 6.07 Å². The van der Waals surface area contributed by atoms with Crippen LogP contribution in [0, 0.1) is 11.7 Å². The Hall–Kier alpha value is -1.69. The van der Waals surface area contributed by atoms with Gasteiger partial charge in [0.2, 0.25) is 5.91 Å². The Labute approximate surface area is 114 Å². The third kappa shape index (κ3) is 3.01. The average Bonchev–Trinajstić information content (AvgIpc) is 3.16. The highest BCUT2D eigenvalue weighted by Gasteiger charge is 2.28. The Bertz CT molecular complexity index is 609. The Kier molecular flexibility index (Phi) is 3.33. The van der Waals surface area contributed by atoms with E-state index in [2.05, 4.69) is 15.6 Å². The van der Waals surface area contributed by atoms with Crippen molar-refractivity contribution in [2.24, 2.45) is 5.92 Å². The standard InChI is InChI=1S/C13H14FN3OS/c14-9-3-4-10-11(7-9)19-13(17-10)16-6-5-15-12(18)8-1-2-8/h3-4,7-8H,1-2,5-6H2,(H,15,18)(H,16,17). The molecule has 4 nitrogen and oxygen atoms in total. The van der Waals surface area contributed by atoms with Crippen molar-refractivity contribution in [3.8, 4) is 0 Å². The summed E-state index contributed by atoms with van der Waals surface area (Å²) in [5.74, 6) is 0.137. The first kappa shape index (κ1) is 12.3. The van der Waals surface area contributed by atoms with Crippen molar-refractivity contribution >= 4 is 32.6 Å². The van der Waals surface area contributed by atoms with Gasteiger partial charge in [-0.05, 0) is 31.0 Å². The lowest BCUT2D eigenvalue weighted by atomic mass is 10.3. The molecule has 1 amide bonds. The molecular weight excluding hydrogens is 265 g/mol. The molecule has 0 spiro atoms. The summed E-state index contributed by atoms with van der Waals surface area (Å²) in [4.78, 5) is 15.7. The predicted octanol–water partition coefficient (Wildman–Crippen LogP) is 2.37. The molecule has 1 saturated carbocycles. The van der Waals surface area contributed by atoms with Crippen LogP contribution >= 0.6 is 11.3 Å². The monoisotopic (exact) mass is 279 g/mol. The minimum Gasteiger partial charge on any atom is -0.360 e. The topological polar surface area (TPSA) is 54.0 Å². The van der Waals surface area contributed by atoms with Crippen molar-refractivity contribution in [3.63, 3.8) is 0 Å². The summed E-state index contributed by atoms with van der Waals surface area (Å²) in [5.41, 5.74) is 0.788. The number of fused-ring (bicyclic) bond motifs is 1. The van der Waals surface area contributed by atoms with Crippen LogP contribution in [0.5, 0.6) is 0 Å². The van der Waals surface area contributed by atoms with Gasteiger partial charge in [-0.15, -0.1) is 0 Å². The Morgan fingerprint density at radius 2 is 2.26 bits per heavy atom. The predicted molar refractivity (Wildman–Crippen MR) is 73.8 cm³/mol. The van der Waals surface area contributed by atoms with Gasteiger partial charge in [-0.2, -0.15) is 0 Å². The van der Waals surface area contributed by atoms with Gasteiger partial charge in [-0.3, -0.25) is 4.79 Å². The van der Waals surface area contributed by atoms with Gasteiger partial charge in [-0.25, -0.2) is 9.37 Å². The number of hydrogen-bond donors (Lipinski definition) is 2. The Morgan fingerprint density at radius 1 is 1.42 bits per heavy atom. The van der Waals surface area contributed by atoms with Crippen molar-refractivity contribution in [2.45, 2.75) is 12.8 Å². The summed E-state index contributed by atoms with van der Waals surface area (Å²) in [6.07, 6.45) is 2.03. The van der Waals surface area contributed by atoms with Crippen LogP contribution in [-0.2, 0) is 4.79 Å². The maximum absolute atomic E-state index is 13.0. The van der Waals surface area contributed by atoms with Crippen LogP contribution < -0.4 is 10.6 Å². The van der Waals surface area contributed by atoms with Gasteiger partial charge in [-0.1, -0.05) is 11.3 Å². The zero-order valence-electron chi connectivity index (χ0n) is 10.3. The van der Waals surface area contributed by atoms with Crippen LogP contribution in [0.25, 0.3) is 10.2 Å². The zero-order chi connectivity index (χ0) is 13.2. The van der Waals surface area contributed by atoms with Crippen LogP contribution in [0.15, 0.2) is 18.2 Å². The number of rotatable bonds is 5. The minimum absolute atomic E-state index is 0.146. The number of nitrogens with one attached hydrogen (secondary N) is 2. The van der Waals surface area contributed by atoms with E-state index < -0.39 is 0 Å². The zero-order valence-corrected chi connectivity index (χ0v) is 11.1. The summed E-state index contributed by atoms with van der Waals surface area (Å²) in [6, 6.07) is 4.55. The van der Waals surface area contributed by atoms with Crippen molar-refractivity contribution in [3.05, 3.63) is 24.0 Å². The SMILES string of the molecule is O=C(NCCNc1nc2ccc(F)cc2s1)C1CC1. The highest BCUT2D eigenvalue weighted by Crippen LogP contribution is 2.28. The maximum Gasteiger partial charge on any atom is 0.223 e. The summed E-state index contributed by atoms with van der Waals surface area (Å²) in [5, 5.41) is 6.76. The molecule has 0 radical (unpaired) electrons. The highest BCUT2D eigenvalue weighted by atomic mass is 32.1. The van der Waals surface area contributed by atoms with Crippen LogP contribution in [0.4, 0.5) is 9.52 Å². The van der Waals surface area contributed by atoms with Crippen LogP contribution in [0.1, 0.15) is 12.8 Å². The van der Waals surface area contributed by atoms with E-state index in [1.807, 2.05) is 0 Å². The molecule has 0 unspecified atom stereocenters. The van der Waals surface area contributed by atoms with Crippen molar-refractivity contribution in [1.82, 2.24) is 10.3 Å². The molecule has 2 aromatic rings. The number of thiazole rings is 1. The summed E-state index contributed by atoms with van der Waals surface area (Å²) < 4.78 is 13.9.